The van der Waals surface area contributed by atoms with Crippen molar-refractivity contribution < 1.29 is 9.90 Å². The van der Waals surface area contributed by atoms with Crippen LogP contribution >= 0.6 is 0 Å². The molecule has 0 heterocycles. The van der Waals surface area contributed by atoms with Crippen LogP contribution in [0.5, 0.6) is 5.75 Å². The van der Waals surface area contributed by atoms with E-state index in [-0.39, 0.29) is 17.7 Å². The van der Waals surface area contributed by atoms with Crippen molar-refractivity contribution in [1.29, 1.82) is 0 Å². The van der Waals surface area contributed by atoms with E-state index in [4.69, 9.17) is 0 Å². The zero-order valence-electron chi connectivity index (χ0n) is 9.94. The molecule has 0 aromatic heterocycles. The molecule has 0 aliphatic rings. The predicted octanol–water partition coefficient (Wildman–Crippen LogP) is 1.17. The Hall–Kier alpha value is -1.81. The van der Waals surface area contributed by atoms with Crippen molar-refractivity contribution in [3.05, 3.63) is 42.5 Å². The van der Waals surface area contributed by atoms with E-state index in [1.54, 1.807) is 25.1 Å². The maximum atomic E-state index is 11.5. The number of hydrogen-bond donors (Lipinski definition) is 3. The van der Waals surface area contributed by atoms with Crippen LogP contribution in [0, 0.1) is 0 Å². The molecule has 0 aliphatic heterocycles. The number of phenolic OH excluding ortho intramolecular Hbond substituents is 1. The van der Waals surface area contributed by atoms with Crippen molar-refractivity contribution in [1.82, 2.24) is 10.6 Å². The van der Waals surface area contributed by atoms with Crippen LogP contribution in [0.4, 0.5) is 0 Å². The number of amides is 1. The third kappa shape index (κ3) is 4.28. The highest BCUT2D eigenvalue weighted by molar-refractivity contribution is 5.81. The molecule has 4 nitrogen and oxygen atoms in total. The number of para-hydroxylation sites is 1. The Morgan fingerprint density at radius 3 is 2.88 bits per heavy atom. The van der Waals surface area contributed by atoms with Crippen LogP contribution < -0.4 is 10.6 Å². The van der Waals surface area contributed by atoms with Crippen LogP contribution in [0.25, 0.3) is 0 Å². The van der Waals surface area contributed by atoms with Crippen LogP contribution in [-0.4, -0.2) is 23.6 Å². The summed E-state index contributed by atoms with van der Waals surface area (Å²) in [6.45, 7) is 6.22. The topological polar surface area (TPSA) is 61.4 Å². The van der Waals surface area contributed by atoms with Crippen LogP contribution in [0.15, 0.2) is 36.9 Å². The zero-order chi connectivity index (χ0) is 12.7. The molecular formula is C13H18N2O2. The summed E-state index contributed by atoms with van der Waals surface area (Å²) in [6.07, 6.45) is 1.63. The lowest BCUT2D eigenvalue weighted by atomic mass is 10.2. The highest BCUT2D eigenvalue weighted by atomic mass is 16.3. The molecule has 1 aromatic rings. The standard InChI is InChI=1S/C13H18N2O2/c1-3-8-14-13(17)10(2)15-9-11-6-4-5-7-12(11)16/h3-7,10,15-16H,1,8-9H2,2H3,(H,14,17). The highest BCUT2D eigenvalue weighted by Crippen LogP contribution is 2.14. The molecule has 1 unspecified atom stereocenters. The van der Waals surface area contributed by atoms with Gasteiger partial charge in [0.05, 0.1) is 6.04 Å². The molecule has 1 atom stereocenters. The number of hydrogen-bond acceptors (Lipinski definition) is 3. The molecule has 0 aliphatic carbocycles. The summed E-state index contributed by atoms with van der Waals surface area (Å²) < 4.78 is 0. The maximum Gasteiger partial charge on any atom is 0.237 e. The average molecular weight is 234 g/mol. The summed E-state index contributed by atoms with van der Waals surface area (Å²) in [6, 6.07) is 6.74. The van der Waals surface area contributed by atoms with E-state index in [1.807, 2.05) is 12.1 Å². The number of carbonyl (C=O) groups excluding carboxylic acids is 1. The number of phenols is 1. The molecule has 0 saturated heterocycles. The smallest absolute Gasteiger partial charge is 0.237 e. The molecular weight excluding hydrogens is 216 g/mol. The Labute approximate surface area is 101 Å². The molecule has 1 amide bonds. The first kappa shape index (κ1) is 13.3. The van der Waals surface area contributed by atoms with Gasteiger partial charge in [-0.25, -0.2) is 0 Å². The van der Waals surface area contributed by atoms with Gasteiger partial charge in [-0.15, -0.1) is 6.58 Å². The molecule has 0 fully saturated rings. The monoisotopic (exact) mass is 234 g/mol. The number of benzene rings is 1. The minimum Gasteiger partial charge on any atom is -0.508 e. The van der Waals surface area contributed by atoms with Crippen molar-refractivity contribution in [2.45, 2.75) is 19.5 Å². The Morgan fingerprint density at radius 1 is 1.53 bits per heavy atom. The molecule has 17 heavy (non-hydrogen) atoms. The van der Waals surface area contributed by atoms with Gasteiger partial charge in [-0.3, -0.25) is 4.79 Å². The molecule has 1 rings (SSSR count). The van der Waals surface area contributed by atoms with E-state index < -0.39 is 0 Å². The second-order valence-electron chi connectivity index (χ2n) is 3.77. The van der Waals surface area contributed by atoms with Gasteiger partial charge in [0.1, 0.15) is 5.75 Å². The Morgan fingerprint density at radius 2 is 2.24 bits per heavy atom. The summed E-state index contributed by atoms with van der Waals surface area (Å²) in [5.41, 5.74) is 0.774. The molecule has 0 spiro atoms. The van der Waals surface area contributed by atoms with Gasteiger partial charge in [-0.05, 0) is 13.0 Å². The second kappa shape index (κ2) is 6.70. The fourth-order valence-electron chi connectivity index (χ4n) is 1.34. The van der Waals surface area contributed by atoms with Gasteiger partial charge in [-0.1, -0.05) is 24.3 Å². The average Bonchev–Trinajstić information content (AvgIpc) is 2.34. The van der Waals surface area contributed by atoms with Gasteiger partial charge in [0.25, 0.3) is 0 Å². The third-order valence-corrected chi connectivity index (χ3v) is 2.40. The van der Waals surface area contributed by atoms with Crippen LogP contribution in [-0.2, 0) is 11.3 Å². The van der Waals surface area contributed by atoms with Crippen molar-refractivity contribution in [3.63, 3.8) is 0 Å². The lowest BCUT2D eigenvalue weighted by molar-refractivity contribution is -0.122. The van der Waals surface area contributed by atoms with Gasteiger partial charge in [0.2, 0.25) is 5.91 Å². The normalized spacial score (nSPS) is 11.8. The first-order chi connectivity index (χ1) is 8.15. The Balaban J connectivity index is 2.42. The van der Waals surface area contributed by atoms with Crippen LogP contribution in [0.2, 0.25) is 0 Å². The highest BCUT2D eigenvalue weighted by Gasteiger charge is 2.11. The molecule has 0 saturated carbocycles. The van der Waals surface area contributed by atoms with Crippen LogP contribution in [0.3, 0.4) is 0 Å². The molecule has 4 heteroatoms. The summed E-state index contributed by atoms with van der Waals surface area (Å²) in [4.78, 5) is 11.5. The summed E-state index contributed by atoms with van der Waals surface area (Å²) in [5.74, 6) is 0.152. The Bertz CT molecular complexity index is 391. The van der Waals surface area contributed by atoms with E-state index >= 15 is 0 Å². The first-order valence-corrected chi connectivity index (χ1v) is 5.54. The molecule has 1 aromatic carbocycles. The van der Waals surface area contributed by atoms with E-state index in [2.05, 4.69) is 17.2 Å². The summed E-state index contributed by atoms with van der Waals surface area (Å²) in [7, 11) is 0. The van der Waals surface area contributed by atoms with E-state index in [1.165, 1.54) is 0 Å². The molecule has 92 valence electrons. The minimum absolute atomic E-state index is 0.0830. The van der Waals surface area contributed by atoms with Crippen molar-refractivity contribution in [2.24, 2.45) is 0 Å². The lowest BCUT2D eigenvalue weighted by Crippen LogP contribution is -2.41. The number of nitrogens with one attached hydrogen (secondary N) is 2. The number of aromatic hydroxyl groups is 1. The van der Waals surface area contributed by atoms with Crippen molar-refractivity contribution >= 4 is 5.91 Å². The lowest BCUT2D eigenvalue weighted by Gasteiger charge is -2.13. The van der Waals surface area contributed by atoms with Gasteiger partial charge >= 0.3 is 0 Å². The Kier molecular flexibility index (Phi) is 5.23. The van der Waals surface area contributed by atoms with Gasteiger partial charge in [0, 0.05) is 18.7 Å². The fraction of sp³-hybridized carbons (Fsp3) is 0.308. The maximum absolute atomic E-state index is 11.5. The number of carbonyl (C=O) groups is 1. The molecule has 0 bridgehead atoms. The predicted molar refractivity (Wildman–Crippen MR) is 67.6 cm³/mol. The molecule has 3 N–H and O–H groups in total. The van der Waals surface area contributed by atoms with Gasteiger partial charge in [0.15, 0.2) is 0 Å². The van der Waals surface area contributed by atoms with Gasteiger partial charge in [-0.2, -0.15) is 0 Å². The molecule has 0 radical (unpaired) electrons. The van der Waals surface area contributed by atoms with Crippen molar-refractivity contribution in [2.75, 3.05) is 6.54 Å². The van der Waals surface area contributed by atoms with E-state index in [9.17, 15) is 9.90 Å². The quantitative estimate of drug-likeness (QED) is 0.648. The van der Waals surface area contributed by atoms with E-state index in [0.717, 1.165) is 5.56 Å². The summed E-state index contributed by atoms with van der Waals surface area (Å²) in [5, 5.41) is 15.3. The van der Waals surface area contributed by atoms with Gasteiger partial charge < -0.3 is 15.7 Å². The third-order valence-electron chi connectivity index (χ3n) is 2.40. The summed E-state index contributed by atoms with van der Waals surface area (Å²) >= 11 is 0. The van der Waals surface area contributed by atoms with E-state index in [0.29, 0.717) is 13.1 Å². The van der Waals surface area contributed by atoms with Crippen molar-refractivity contribution in [3.8, 4) is 5.75 Å². The number of rotatable bonds is 6. The zero-order valence-corrected chi connectivity index (χ0v) is 9.94. The largest absolute Gasteiger partial charge is 0.508 e. The minimum atomic E-state index is -0.311. The first-order valence-electron chi connectivity index (χ1n) is 5.54. The van der Waals surface area contributed by atoms with Crippen LogP contribution in [0.1, 0.15) is 12.5 Å². The SMILES string of the molecule is C=CCNC(=O)C(C)NCc1ccccc1O. The second-order valence-corrected chi connectivity index (χ2v) is 3.77. The fourth-order valence-corrected chi connectivity index (χ4v) is 1.34.